The molecule has 0 aliphatic carbocycles. The number of hydrogen-bond donors (Lipinski definition) is 7. The van der Waals surface area contributed by atoms with E-state index in [9.17, 15) is 24.3 Å². The molecule has 0 aromatic rings. The molecule has 12 nitrogen and oxygen atoms in total. The van der Waals surface area contributed by atoms with Crippen LogP contribution in [0.5, 0.6) is 0 Å². The SMILES string of the molecule is CSCCC(NC(=O)C(C)NC(=O)C(C)N)C(=O)NC(CCCN=C(N)N)C(=O)O. The average Bonchev–Trinajstić information content (AvgIpc) is 2.66. The Kier molecular flexibility index (Phi) is 13.2. The number of nitrogens with one attached hydrogen (secondary N) is 3. The lowest BCUT2D eigenvalue weighted by atomic mass is 10.1. The van der Waals surface area contributed by atoms with E-state index in [1.807, 2.05) is 6.26 Å². The summed E-state index contributed by atoms with van der Waals surface area (Å²) in [4.78, 5) is 51.9. The number of carbonyl (C=O) groups is 4. The predicted molar refractivity (Wildman–Crippen MR) is 116 cm³/mol. The van der Waals surface area contributed by atoms with Crippen LogP contribution in [0.3, 0.4) is 0 Å². The van der Waals surface area contributed by atoms with Crippen LogP contribution in [0.1, 0.15) is 33.1 Å². The number of hydrogen-bond acceptors (Lipinski definition) is 7. The maximum atomic E-state index is 12.6. The van der Waals surface area contributed by atoms with Crippen molar-refractivity contribution in [1.82, 2.24) is 16.0 Å². The molecule has 0 saturated heterocycles. The molecule has 0 aliphatic heterocycles. The first-order valence-electron chi connectivity index (χ1n) is 9.43. The second-order valence-corrected chi connectivity index (χ2v) is 7.70. The molecule has 0 heterocycles. The molecule has 0 rings (SSSR count). The molecule has 0 bridgehead atoms. The zero-order valence-electron chi connectivity index (χ0n) is 17.5. The van der Waals surface area contributed by atoms with E-state index in [1.165, 1.54) is 25.6 Å². The highest BCUT2D eigenvalue weighted by Gasteiger charge is 2.28. The summed E-state index contributed by atoms with van der Waals surface area (Å²) in [7, 11) is 0. The Bertz CT molecular complexity index is 626. The van der Waals surface area contributed by atoms with E-state index in [0.717, 1.165) is 0 Å². The number of aliphatic imine (C=N–C) groups is 1. The van der Waals surface area contributed by atoms with E-state index in [-0.39, 0.29) is 25.3 Å². The van der Waals surface area contributed by atoms with Crippen LogP contribution in [0, 0.1) is 0 Å². The van der Waals surface area contributed by atoms with Crippen LogP contribution >= 0.6 is 11.8 Å². The van der Waals surface area contributed by atoms with E-state index in [4.69, 9.17) is 17.2 Å². The van der Waals surface area contributed by atoms with Gasteiger partial charge >= 0.3 is 5.97 Å². The number of guanidine groups is 1. The van der Waals surface area contributed by atoms with E-state index >= 15 is 0 Å². The van der Waals surface area contributed by atoms with Crippen LogP contribution < -0.4 is 33.2 Å². The molecule has 3 amide bonds. The summed E-state index contributed by atoms with van der Waals surface area (Å²) in [5.41, 5.74) is 15.9. The van der Waals surface area contributed by atoms with Crippen molar-refractivity contribution in [3.8, 4) is 0 Å². The van der Waals surface area contributed by atoms with Crippen molar-refractivity contribution in [1.29, 1.82) is 0 Å². The van der Waals surface area contributed by atoms with Gasteiger partial charge in [0, 0.05) is 6.54 Å². The normalized spacial score (nSPS) is 14.5. The molecule has 0 aromatic heterocycles. The van der Waals surface area contributed by atoms with Crippen molar-refractivity contribution in [3.05, 3.63) is 0 Å². The zero-order valence-corrected chi connectivity index (χ0v) is 18.3. The van der Waals surface area contributed by atoms with Gasteiger partial charge in [-0.25, -0.2) is 4.79 Å². The van der Waals surface area contributed by atoms with Crippen molar-refractivity contribution in [2.24, 2.45) is 22.2 Å². The van der Waals surface area contributed by atoms with Crippen LogP contribution in [0.15, 0.2) is 4.99 Å². The number of carboxylic acids is 1. The van der Waals surface area contributed by atoms with Crippen LogP contribution in [-0.4, -0.2) is 77.5 Å². The van der Waals surface area contributed by atoms with Crippen molar-refractivity contribution in [2.45, 2.75) is 57.3 Å². The number of carbonyl (C=O) groups excluding carboxylic acids is 3. The van der Waals surface area contributed by atoms with E-state index < -0.39 is 47.9 Å². The topological polar surface area (TPSA) is 215 Å². The summed E-state index contributed by atoms with van der Waals surface area (Å²) in [6.45, 7) is 3.17. The number of aliphatic carboxylic acids is 1. The van der Waals surface area contributed by atoms with Crippen molar-refractivity contribution < 1.29 is 24.3 Å². The van der Waals surface area contributed by atoms with Crippen LogP contribution in [0.25, 0.3) is 0 Å². The average molecular weight is 448 g/mol. The summed E-state index contributed by atoms with van der Waals surface area (Å²) in [6, 6.07) is -3.82. The Balaban J connectivity index is 5.01. The summed E-state index contributed by atoms with van der Waals surface area (Å²) < 4.78 is 0. The number of amides is 3. The highest BCUT2D eigenvalue weighted by Crippen LogP contribution is 2.05. The van der Waals surface area contributed by atoms with Gasteiger partial charge in [0.2, 0.25) is 17.7 Å². The lowest BCUT2D eigenvalue weighted by Crippen LogP contribution is -2.56. The second-order valence-electron chi connectivity index (χ2n) is 6.71. The zero-order chi connectivity index (χ0) is 23.3. The molecular weight excluding hydrogens is 414 g/mol. The van der Waals surface area contributed by atoms with Gasteiger partial charge in [-0.05, 0) is 45.1 Å². The van der Waals surface area contributed by atoms with Gasteiger partial charge in [0.25, 0.3) is 0 Å². The van der Waals surface area contributed by atoms with Gasteiger partial charge in [-0.1, -0.05) is 0 Å². The molecule has 0 saturated carbocycles. The minimum Gasteiger partial charge on any atom is -0.480 e. The summed E-state index contributed by atoms with van der Waals surface area (Å²) in [5.74, 6) is -2.46. The highest BCUT2D eigenvalue weighted by atomic mass is 32.2. The van der Waals surface area contributed by atoms with E-state index in [0.29, 0.717) is 12.2 Å². The molecule has 0 aromatic carbocycles. The molecule has 13 heteroatoms. The van der Waals surface area contributed by atoms with Gasteiger partial charge < -0.3 is 38.3 Å². The maximum absolute atomic E-state index is 12.6. The smallest absolute Gasteiger partial charge is 0.326 e. The van der Waals surface area contributed by atoms with Crippen LogP contribution in [0.4, 0.5) is 0 Å². The Morgan fingerprint density at radius 3 is 2.07 bits per heavy atom. The predicted octanol–water partition coefficient (Wildman–Crippen LogP) is -2.30. The Labute approximate surface area is 180 Å². The van der Waals surface area contributed by atoms with Crippen molar-refractivity contribution in [2.75, 3.05) is 18.6 Å². The second kappa shape index (κ2) is 14.4. The third-order valence-electron chi connectivity index (χ3n) is 3.97. The molecule has 4 atom stereocenters. The fourth-order valence-electron chi connectivity index (χ4n) is 2.24. The van der Waals surface area contributed by atoms with Crippen molar-refractivity contribution >= 4 is 41.4 Å². The number of nitrogens with zero attached hydrogens (tertiary/aromatic N) is 1. The largest absolute Gasteiger partial charge is 0.480 e. The first-order chi connectivity index (χ1) is 14.0. The van der Waals surface area contributed by atoms with Gasteiger partial charge in [0.15, 0.2) is 5.96 Å². The lowest BCUT2D eigenvalue weighted by molar-refractivity contribution is -0.142. The van der Waals surface area contributed by atoms with Gasteiger partial charge in [-0.3, -0.25) is 19.4 Å². The third-order valence-corrected chi connectivity index (χ3v) is 4.61. The monoisotopic (exact) mass is 447 g/mol. The maximum Gasteiger partial charge on any atom is 0.326 e. The summed E-state index contributed by atoms with van der Waals surface area (Å²) >= 11 is 1.47. The molecular formula is C17H33N7O5S. The summed E-state index contributed by atoms with van der Waals surface area (Å²) in [6.07, 6.45) is 2.58. The van der Waals surface area contributed by atoms with Crippen LogP contribution in [-0.2, 0) is 19.2 Å². The van der Waals surface area contributed by atoms with Gasteiger partial charge in [-0.2, -0.15) is 11.8 Å². The molecule has 30 heavy (non-hydrogen) atoms. The Morgan fingerprint density at radius 1 is 0.967 bits per heavy atom. The lowest BCUT2D eigenvalue weighted by Gasteiger charge is -2.23. The number of nitrogens with two attached hydrogens (primary N) is 3. The number of rotatable bonds is 14. The van der Waals surface area contributed by atoms with Crippen LogP contribution in [0.2, 0.25) is 0 Å². The molecule has 0 aliphatic rings. The molecule has 10 N–H and O–H groups in total. The van der Waals surface area contributed by atoms with Gasteiger partial charge in [0.1, 0.15) is 18.1 Å². The minimum absolute atomic E-state index is 0.101. The first-order valence-corrected chi connectivity index (χ1v) is 10.8. The van der Waals surface area contributed by atoms with Crippen molar-refractivity contribution in [3.63, 3.8) is 0 Å². The van der Waals surface area contributed by atoms with Gasteiger partial charge in [-0.15, -0.1) is 0 Å². The Hall–Kier alpha value is -2.54. The Morgan fingerprint density at radius 2 is 1.57 bits per heavy atom. The van der Waals surface area contributed by atoms with E-state index in [1.54, 1.807) is 0 Å². The molecule has 0 fully saturated rings. The fourth-order valence-corrected chi connectivity index (χ4v) is 2.72. The number of carboxylic acid groups (broad SMARTS) is 1. The standard InChI is InChI=1S/C17H33N7O5S/c1-9(18)13(25)22-10(2)14(26)23-11(6-8-30-3)15(27)24-12(16(28)29)5-4-7-21-17(19)20/h9-12H,4-8,18H2,1-3H3,(H,22,25)(H,23,26)(H,24,27)(H,28,29)(H4,19,20,21). The highest BCUT2D eigenvalue weighted by molar-refractivity contribution is 7.98. The quantitative estimate of drug-likeness (QED) is 0.0864. The fraction of sp³-hybridized carbons (Fsp3) is 0.706. The van der Waals surface area contributed by atoms with Gasteiger partial charge in [0.05, 0.1) is 6.04 Å². The molecule has 0 radical (unpaired) electrons. The molecule has 0 spiro atoms. The first kappa shape index (κ1) is 27.5. The summed E-state index contributed by atoms with van der Waals surface area (Å²) in [5, 5.41) is 16.8. The van der Waals surface area contributed by atoms with E-state index in [2.05, 4.69) is 20.9 Å². The third kappa shape index (κ3) is 11.5. The minimum atomic E-state index is -1.21. The molecule has 4 unspecified atom stereocenters. The molecule has 172 valence electrons. The number of thioether (sulfide) groups is 1.